The highest BCUT2D eigenvalue weighted by Gasteiger charge is 2.11. The topological polar surface area (TPSA) is 43.4 Å². The second kappa shape index (κ2) is 8.49. The fourth-order valence-electron chi connectivity index (χ4n) is 2.22. The summed E-state index contributed by atoms with van der Waals surface area (Å²) in [6, 6.07) is 14.4. The van der Waals surface area contributed by atoms with E-state index in [2.05, 4.69) is 0 Å². The smallest absolute Gasteiger partial charge is 0.306 e. The lowest BCUT2D eigenvalue weighted by atomic mass is 9.99. The van der Waals surface area contributed by atoms with Crippen molar-refractivity contribution in [2.24, 2.45) is 0 Å². The lowest BCUT2D eigenvalue weighted by Gasteiger charge is -2.10. The number of halogens is 1. The van der Waals surface area contributed by atoms with Gasteiger partial charge in [-0.15, -0.1) is 0 Å². The molecule has 2 aromatic rings. The summed E-state index contributed by atoms with van der Waals surface area (Å²) in [7, 11) is 0. The number of rotatable bonds is 7. The van der Waals surface area contributed by atoms with E-state index < -0.39 is 0 Å². The molecule has 0 aromatic heterocycles. The molecule has 0 radical (unpaired) electrons. The highest BCUT2D eigenvalue weighted by atomic mass is 35.5. The normalized spacial score (nSPS) is 10.3. The summed E-state index contributed by atoms with van der Waals surface area (Å²) < 4.78 is 5.24. The molecule has 0 heterocycles. The molecule has 2 aromatic carbocycles. The number of ketones is 1. The molecule has 0 bridgehead atoms. The van der Waals surface area contributed by atoms with Gasteiger partial charge in [-0.1, -0.05) is 42.8 Å². The zero-order valence-corrected chi connectivity index (χ0v) is 13.8. The number of Topliss-reactive ketones (excluding diaryl/α,β-unsaturated/α-hetero) is 1. The van der Waals surface area contributed by atoms with Crippen LogP contribution >= 0.6 is 11.6 Å². The van der Waals surface area contributed by atoms with Crippen LogP contribution in [0.25, 0.3) is 0 Å². The van der Waals surface area contributed by atoms with Crippen LogP contribution in [0.1, 0.15) is 41.3 Å². The molecule has 0 fully saturated rings. The zero-order chi connectivity index (χ0) is 16.7. The van der Waals surface area contributed by atoms with E-state index in [0.29, 0.717) is 17.0 Å². The number of ether oxygens (including phenoxy) is 1. The summed E-state index contributed by atoms with van der Waals surface area (Å²) in [5.74, 6) is -0.208. The van der Waals surface area contributed by atoms with E-state index >= 15 is 0 Å². The van der Waals surface area contributed by atoms with Crippen LogP contribution in [0, 0.1) is 0 Å². The molecule has 2 rings (SSSR count). The summed E-state index contributed by atoms with van der Waals surface area (Å²) >= 11 is 5.84. The van der Waals surface area contributed by atoms with Gasteiger partial charge in [0.05, 0.1) is 0 Å². The Morgan fingerprint density at radius 1 is 1.00 bits per heavy atom. The van der Waals surface area contributed by atoms with Crippen molar-refractivity contribution in [2.75, 3.05) is 0 Å². The van der Waals surface area contributed by atoms with Crippen molar-refractivity contribution in [3.8, 4) is 0 Å². The van der Waals surface area contributed by atoms with Crippen LogP contribution in [0.2, 0.25) is 5.02 Å². The van der Waals surface area contributed by atoms with Gasteiger partial charge in [-0.2, -0.15) is 0 Å². The minimum Gasteiger partial charge on any atom is -0.461 e. The number of esters is 1. The molecular formula is C19H19ClO3. The maximum atomic E-state index is 12.4. The molecule has 23 heavy (non-hydrogen) atoms. The summed E-state index contributed by atoms with van der Waals surface area (Å²) in [5.41, 5.74) is 2.35. The van der Waals surface area contributed by atoms with Crippen LogP contribution < -0.4 is 0 Å². The van der Waals surface area contributed by atoms with Crippen molar-refractivity contribution >= 4 is 23.4 Å². The van der Waals surface area contributed by atoms with E-state index in [-0.39, 0.29) is 24.8 Å². The minimum absolute atomic E-state index is 0.00833. The first-order valence-electron chi connectivity index (χ1n) is 7.61. The van der Waals surface area contributed by atoms with Gasteiger partial charge in [-0.25, -0.2) is 0 Å². The molecule has 0 atom stereocenters. The van der Waals surface area contributed by atoms with E-state index in [4.69, 9.17) is 16.3 Å². The second-order valence-corrected chi connectivity index (χ2v) is 5.72. The number of hydrogen-bond donors (Lipinski definition) is 0. The van der Waals surface area contributed by atoms with Crippen LogP contribution in [0.3, 0.4) is 0 Å². The molecule has 0 unspecified atom stereocenters. The highest BCUT2D eigenvalue weighted by Crippen LogP contribution is 2.16. The van der Waals surface area contributed by atoms with Gasteiger partial charge >= 0.3 is 5.97 Å². The van der Waals surface area contributed by atoms with Crippen LogP contribution in [0.15, 0.2) is 48.5 Å². The van der Waals surface area contributed by atoms with E-state index in [9.17, 15) is 9.59 Å². The molecule has 0 spiro atoms. The van der Waals surface area contributed by atoms with E-state index in [0.717, 1.165) is 17.5 Å². The average Bonchev–Trinajstić information content (AvgIpc) is 2.55. The molecule has 120 valence electrons. The summed E-state index contributed by atoms with van der Waals surface area (Å²) in [4.78, 5) is 23.9. The fourth-order valence-corrected chi connectivity index (χ4v) is 2.34. The molecule has 3 nitrogen and oxygen atoms in total. The standard InChI is InChI=1S/C19H19ClO3/c1-2-5-19(22)23-13-16-7-4-3-6-15(16)12-18(21)14-8-10-17(20)11-9-14/h3-4,6-11H,2,5,12-13H2,1H3. The Morgan fingerprint density at radius 2 is 1.65 bits per heavy atom. The Labute approximate surface area is 141 Å². The summed E-state index contributed by atoms with van der Waals surface area (Å²) in [6.45, 7) is 2.13. The Hall–Kier alpha value is -2.13. The third kappa shape index (κ3) is 5.22. The second-order valence-electron chi connectivity index (χ2n) is 5.29. The highest BCUT2D eigenvalue weighted by molar-refractivity contribution is 6.30. The Kier molecular flexibility index (Phi) is 6.36. The molecule has 0 amide bonds. The van der Waals surface area contributed by atoms with Gasteiger partial charge in [-0.05, 0) is 41.8 Å². The van der Waals surface area contributed by atoms with E-state index in [1.54, 1.807) is 24.3 Å². The van der Waals surface area contributed by atoms with Crippen LogP contribution in [-0.2, 0) is 22.6 Å². The fraction of sp³-hybridized carbons (Fsp3) is 0.263. The molecule has 0 saturated heterocycles. The third-order valence-corrected chi connectivity index (χ3v) is 3.73. The van der Waals surface area contributed by atoms with Gasteiger partial charge < -0.3 is 4.74 Å². The quantitative estimate of drug-likeness (QED) is 0.550. The Morgan fingerprint density at radius 3 is 2.30 bits per heavy atom. The largest absolute Gasteiger partial charge is 0.461 e. The predicted octanol–water partition coefficient (Wildman–Crippen LogP) is 4.61. The predicted molar refractivity (Wildman–Crippen MR) is 90.6 cm³/mol. The third-order valence-electron chi connectivity index (χ3n) is 3.48. The van der Waals surface area contributed by atoms with Crippen molar-refractivity contribution in [2.45, 2.75) is 32.8 Å². The minimum atomic E-state index is -0.216. The first-order valence-corrected chi connectivity index (χ1v) is 7.99. The molecule has 0 aliphatic carbocycles. The Bertz CT molecular complexity index is 677. The van der Waals surface area contributed by atoms with E-state index in [1.807, 2.05) is 31.2 Å². The van der Waals surface area contributed by atoms with Gasteiger partial charge in [0, 0.05) is 23.4 Å². The van der Waals surface area contributed by atoms with Crippen LogP contribution in [0.5, 0.6) is 0 Å². The van der Waals surface area contributed by atoms with Gasteiger partial charge in [0.2, 0.25) is 0 Å². The molecular weight excluding hydrogens is 312 g/mol. The van der Waals surface area contributed by atoms with E-state index in [1.165, 1.54) is 0 Å². The van der Waals surface area contributed by atoms with Gasteiger partial charge in [-0.3, -0.25) is 9.59 Å². The molecule has 4 heteroatoms. The summed E-state index contributed by atoms with van der Waals surface area (Å²) in [6.07, 6.45) is 1.44. The lowest BCUT2D eigenvalue weighted by molar-refractivity contribution is -0.145. The number of benzene rings is 2. The summed E-state index contributed by atoms with van der Waals surface area (Å²) in [5, 5.41) is 0.602. The number of carbonyl (C=O) groups is 2. The lowest BCUT2D eigenvalue weighted by Crippen LogP contribution is -2.09. The van der Waals surface area contributed by atoms with Crippen LogP contribution in [0.4, 0.5) is 0 Å². The number of carbonyl (C=O) groups excluding carboxylic acids is 2. The maximum absolute atomic E-state index is 12.4. The molecule has 0 saturated carbocycles. The van der Waals surface area contributed by atoms with Gasteiger partial charge in [0.15, 0.2) is 5.78 Å². The van der Waals surface area contributed by atoms with Crippen molar-refractivity contribution in [3.05, 3.63) is 70.2 Å². The van der Waals surface area contributed by atoms with Crippen molar-refractivity contribution < 1.29 is 14.3 Å². The van der Waals surface area contributed by atoms with Crippen molar-refractivity contribution in [1.82, 2.24) is 0 Å². The SMILES string of the molecule is CCCC(=O)OCc1ccccc1CC(=O)c1ccc(Cl)cc1. The molecule has 0 aliphatic heterocycles. The monoisotopic (exact) mass is 330 g/mol. The first kappa shape index (κ1) is 17.2. The molecule has 0 aliphatic rings. The first-order chi connectivity index (χ1) is 11.1. The molecule has 0 N–H and O–H groups in total. The van der Waals surface area contributed by atoms with Crippen molar-refractivity contribution in [1.29, 1.82) is 0 Å². The Balaban J connectivity index is 2.06. The van der Waals surface area contributed by atoms with Crippen LogP contribution in [-0.4, -0.2) is 11.8 Å². The van der Waals surface area contributed by atoms with Gasteiger partial charge in [0.25, 0.3) is 0 Å². The van der Waals surface area contributed by atoms with Gasteiger partial charge in [0.1, 0.15) is 6.61 Å². The zero-order valence-electron chi connectivity index (χ0n) is 13.0. The van der Waals surface area contributed by atoms with Crippen molar-refractivity contribution in [3.63, 3.8) is 0 Å². The average molecular weight is 331 g/mol. The maximum Gasteiger partial charge on any atom is 0.306 e. The number of hydrogen-bond acceptors (Lipinski definition) is 3.